The van der Waals surface area contributed by atoms with Gasteiger partial charge in [-0.25, -0.2) is 0 Å². The van der Waals surface area contributed by atoms with Crippen LogP contribution in [0.1, 0.15) is 0 Å². The van der Waals surface area contributed by atoms with Gasteiger partial charge in [-0.05, 0) is 0 Å². The fourth-order valence-corrected chi connectivity index (χ4v) is 0. The minimum Gasteiger partial charge on any atom is -0.871 e. The molecular formula is H2BCaKO4. The summed E-state index contributed by atoms with van der Waals surface area (Å²) < 4.78 is 0. The Morgan fingerprint density at radius 2 is 1.29 bits per heavy atom. The van der Waals surface area contributed by atoms with E-state index in [-0.39, 0.29) is 94.6 Å². The van der Waals surface area contributed by atoms with Crippen LogP contribution < -0.4 is 61.4 Å². The van der Waals surface area contributed by atoms with Gasteiger partial charge in [-0.2, -0.15) is 0 Å². The predicted octanol–water partition coefficient (Wildman–Crippen LogP) is -6.87. The zero-order valence-electron chi connectivity index (χ0n) is 4.00. The van der Waals surface area contributed by atoms with E-state index in [4.69, 9.17) is 15.1 Å². The Hall–Kier alpha value is 2.80. The van der Waals surface area contributed by atoms with Gasteiger partial charge in [-0.15, -0.1) is 0 Å². The molecule has 0 amide bonds. The molecule has 2 N–H and O–H groups in total. The monoisotopic (exact) mass is 156 g/mol. The molecule has 0 aliphatic carbocycles. The van der Waals surface area contributed by atoms with Crippen LogP contribution in [0.5, 0.6) is 0 Å². The van der Waals surface area contributed by atoms with Crippen LogP contribution in [-0.2, 0) is 0 Å². The van der Waals surface area contributed by atoms with Crippen LogP contribution in [0.25, 0.3) is 0 Å². The summed E-state index contributed by atoms with van der Waals surface area (Å²) in [7, 11) is -2.67. The molecule has 32 valence electrons. The van der Waals surface area contributed by atoms with Crippen LogP contribution in [0, 0.1) is 0 Å². The fraction of sp³-hybridized carbons (Fsp3) is 0. The molecule has 7 heteroatoms. The zero-order chi connectivity index (χ0) is 3.58. The first kappa shape index (κ1) is 22.6. The fourth-order valence-electron chi connectivity index (χ4n) is 0. The number of rotatable bonds is 0. The van der Waals surface area contributed by atoms with Gasteiger partial charge >= 0.3 is 89.1 Å². The Morgan fingerprint density at radius 3 is 1.29 bits per heavy atom. The summed E-state index contributed by atoms with van der Waals surface area (Å²) in [5.74, 6) is 0. The molecule has 7 heavy (non-hydrogen) atoms. The first-order valence-electron chi connectivity index (χ1n) is 0.730. The van der Waals surface area contributed by atoms with Crippen molar-refractivity contribution in [2.75, 3.05) is 0 Å². The molecule has 0 heterocycles. The second-order valence-electron chi connectivity index (χ2n) is 0.307. The van der Waals surface area contributed by atoms with Crippen molar-refractivity contribution >= 4 is 45.1 Å². The summed E-state index contributed by atoms with van der Waals surface area (Å²) in [5.41, 5.74) is 0. The van der Waals surface area contributed by atoms with Crippen molar-refractivity contribution in [1.82, 2.24) is 0 Å². The van der Waals surface area contributed by atoms with Gasteiger partial charge in [0.2, 0.25) is 0 Å². The minimum atomic E-state index is -2.67. The second kappa shape index (κ2) is 15.9. The summed E-state index contributed by atoms with van der Waals surface area (Å²) in [6, 6.07) is 0. The molecule has 0 aromatic heterocycles. The number of hydrogen-bond donors (Lipinski definition) is 1. The Bertz CT molecular complexity index is 16.4. The quantitative estimate of drug-likeness (QED) is 0.352. The van der Waals surface area contributed by atoms with Crippen LogP contribution in [0.15, 0.2) is 0 Å². The third-order valence-corrected chi connectivity index (χ3v) is 0. The largest absolute Gasteiger partial charge is 2.00 e. The van der Waals surface area contributed by atoms with E-state index < -0.39 is 7.32 Å². The third kappa shape index (κ3) is 51.9. The van der Waals surface area contributed by atoms with E-state index in [9.17, 15) is 0 Å². The molecule has 0 unspecified atom stereocenters. The van der Waals surface area contributed by atoms with Crippen molar-refractivity contribution in [2.45, 2.75) is 0 Å². The van der Waals surface area contributed by atoms with Crippen LogP contribution in [-0.4, -0.2) is 55.6 Å². The average molecular weight is 156 g/mol. The molecule has 0 saturated heterocycles. The maximum Gasteiger partial charge on any atom is 2.00 e. The maximum atomic E-state index is 8.53. The van der Waals surface area contributed by atoms with Gasteiger partial charge in [-0.3, -0.25) is 0 Å². The van der Waals surface area contributed by atoms with Gasteiger partial charge in [0.05, 0.1) is 7.32 Å². The molecule has 4 nitrogen and oxygen atoms in total. The van der Waals surface area contributed by atoms with E-state index >= 15 is 0 Å². The van der Waals surface area contributed by atoms with Crippen LogP contribution >= 0.6 is 0 Å². The van der Waals surface area contributed by atoms with E-state index in [1.807, 2.05) is 0 Å². The maximum absolute atomic E-state index is 8.53. The van der Waals surface area contributed by atoms with Crippen LogP contribution in [0.2, 0.25) is 0 Å². The number of hydrogen-bond acceptors (Lipinski definition) is 4. The van der Waals surface area contributed by atoms with E-state index in [1.54, 1.807) is 0 Å². The average Bonchev–Trinajstić information content (AvgIpc) is 0.811. The second-order valence-corrected chi connectivity index (χ2v) is 0.307. The van der Waals surface area contributed by atoms with Gasteiger partial charge in [0.1, 0.15) is 0 Å². The molecule has 0 aliphatic heterocycles. The minimum absolute atomic E-state index is 0. The van der Waals surface area contributed by atoms with Gasteiger partial charge < -0.3 is 20.5 Å². The Kier molecular flexibility index (Phi) is 51.3. The molecule has 0 aromatic rings. The van der Waals surface area contributed by atoms with Crippen LogP contribution in [0.4, 0.5) is 0 Å². The first-order valence-corrected chi connectivity index (χ1v) is 0.730. The van der Waals surface area contributed by atoms with E-state index in [0.29, 0.717) is 0 Å². The molecule has 0 atom stereocenters. The third-order valence-electron chi connectivity index (χ3n) is 0. The zero-order valence-corrected chi connectivity index (χ0v) is 9.33. The van der Waals surface area contributed by atoms with Crippen molar-refractivity contribution in [2.24, 2.45) is 0 Å². The Morgan fingerprint density at radius 1 is 1.29 bits per heavy atom. The van der Waals surface area contributed by atoms with E-state index in [0.717, 1.165) is 0 Å². The van der Waals surface area contributed by atoms with Gasteiger partial charge in [-0.1, -0.05) is 0 Å². The molecule has 0 fully saturated rings. The van der Waals surface area contributed by atoms with Crippen molar-refractivity contribution in [3.63, 3.8) is 0 Å². The molecule has 0 aliphatic rings. The van der Waals surface area contributed by atoms with Gasteiger partial charge in [0, 0.05) is 0 Å². The molecule has 0 saturated carbocycles. The van der Waals surface area contributed by atoms with Gasteiger partial charge in [0.15, 0.2) is 0 Å². The van der Waals surface area contributed by atoms with Crippen molar-refractivity contribution in [1.29, 1.82) is 0 Å². The SMILES string of the molecule is [Ca+2].[K+].[O-]B([O-])O.[OH-]. The van der Waals surface area contributed by atoms with E-state index in [2.05, 4.69) is 0 Å². The van der Waals surface area contributed by atoms with Crippen molar-refractivity contribution in [3.05, 3.63) is 0 Å². The van der Waals surface area contributed by atoms with Crippen molar-refractivity contribution in [3.8, 4) is 0 Å². The molecule has 0 spiro atoms. The molecule has 0 radical (unpaired) electrons. The summed E-state index contributed by atoms with van der Waals surface area (Å²) in [5, 5.41) is 24.0. The molecule has 0 bridgehead atoms. The van der Waals surface area contributed by atoms with Crippen molar-refractivity contribution < 1.29 is 71.9 Å². The summed E-state index contributed by atoms with van der Waals surface area (Å²) in [6.45, 7) is 0. The summed E-state index contributed by atoms with van der Waals surface area (Å²) in [6.07, 6.45) is 0. The topological polar surface area (TPSA) is 96.3 Å². The van der Waals surface area contributed by atoms with E-state index in [1.165, 1.54) is 0 Å². The molecule has 0 rings (SSSR count). The molecular weight excluding hydrogens is 154 g/mol. The predicted molar refractivity (Wildman–Crippen MR) is 15.7 cm³/mol. The standard InChI is InChI=1S/BHO3.Ca.K.H2O/c2-1(3)4;;;/h2H;;;1H2/q-2;+2;+1;/p-1. The smallest absolute Gasteiger partial charge is 0.871 e. The van der Waals surface area contributed by atoms with Gasteiger partial charge in [0.25, 0.3) is 0 Å². The Balaban J connectivity index is -0.0000000150. The summed E-state index contributed by atoms with van der Waals surface area (Å²) in [4.78, 5) is 0. The first-order chi connectivity index (χ1) is 1.73. The normalized spacial score (nSPS) is 3.86. The molecule has 0 aromatic carbocycles. The Labute approximate surface area is 114 Å². The summed E-state index contributed by atoms with van der Waals surface area (Å²) >= 11 is 0. The van der Waals surface area contributed by atoms with Crippen LogP contribution in [0.3, 0.4) is 0 Å².